The van der Waals surface area contributed by atoms with E-state index in [2.05, 4.69) is 113 Å². The van der Waals surface area contributed by atoms with Gasteiger partial charge in [0.25, 0.3) is 35.5 Å². The zero-order chi connectivity index (χ0) is 102. The van der Waals surface area contributed by atoms with Crippen molar-refractivity contribution in [2.75, 3.05) is 78.6 Å². The molecule has 2 saturated heterocycles. The predicted molar refractivity (Wildman–Crippen MR) is 549 cm³/mol. The van der Waals surface area contributed by atoms with Crippen molar-refractivity contribution in [3.63, 3.8) is 0 Å². The number of methoxy groups -OCH3 is 3. The van der Waals surface area contributed by atoms with Crippen LogP contribution >= 0.6 is 11.6 Å². The van der Waals surface area contributed by atoms with Crippen LogP contribution in [0.4, 0.5) is 14.5 Å². The van der Waals surface area contributed by atoms with Gasteiger partial charge in [-0.2, -0.15) is 0 Å². The zero-order valence-electron chi connectivity index (χ0n) is 81.2. The van der Waals surface area contributed by atoms with E-state index in [0.717, 1.165) is 128 Å². The first-order valence-electron chi connectivity index (χ1n) is 48.5. The van der Waals surface area contributed by atoms with Gasteiger partial charge in [-0.25, -0.2) is 43.3 Å². The number of hydrogen-bond acceptors (Lipinski definition) is 22. The molecule has 147 heavy (non-hydrogen) atoms. The van der Waals surface area contributed by atoms with E-state index in [9.17, 15) is 61.5 Å². The number of fused-ring (bicyclic) bond motifs is 2. The summed E-state index contributed by atoms with van der Waals surface area (Å²) in [5, 5.41) is 22.9. The number of alkyl halides is 2. The lowest BCUT2D eigenvalue weighted by molar-refractivity contribution is -0.145. The Morgan fingerprint density at radius 1 is 0.442 bits per heavy atom. The number of aryl methyl sites for hydroxylation is 5. The molecule has 8 N–H and O–H groups in total. The Balaban J connectivity index is 0.000000126. The third kappa shape index (κ3) is 22.6. The van der Waals surface area contributed by atoms with E-state index >= 15 is 0 Å². The number of nitrogens with one attached hydrogen (secondary N) is 8. The van der Waals surface area contributed by atoms with E-state index in [1.54, 1.807) is 54.6 Å². The standard InChI is InChI=1S/C24H26N4O4.C23H25N5O.C23H24N4O4.C22H16ClF2N3O2.C16H18N4O4.CH4/c1-15-6-8-16(9-7-15)14-19(24(31)32-2)27-21(29)11-10-20-26-18-5-3-4-17-22(18)28(20)13-12-25-23(17)30;1-15-4-2-5-16(10-15)28-13-17-11-18(28)12-26(17)14-21-25-20-7-3-6-19-22(20)27(21)9-8-24-23(19)29;1-31-23(30)18(14-15-6-3-2-4-7-15)26-20(28)11-10-19-25-17-9-5-8-16-21(17)27(19)13-12-24-22(16)29;1-22(24,25)12-5-6-15(23)14(11-12)17-7-8-18(30-17)20-27-16-4-2-3-13-19(16)28(20)10-9-26-21(13)29;1-24-14(22)9-18-13(21)6-5-12-19-11-4-2-3-10-15(11)20(12)8-7-17-16(10)23;/h3-9,19H,10-14H2,1-2H3,(H,25,30)(H,27,29);2-7,10,17-18H,8-9,11-14H2,1H3,(H,24,29);2-9,18H,10-14H2,1H3,(H,24,29)(H,26,28);2-8,11H,9-10H2,1H3,(H,26,29);2-4H,5-9H2,1H3,(H,17,23)(H,18,21);1H4. The van der Waals surface area contributed by atoms with Crippen LogP contribution in [0.5, 0.6) is 0 Å². The van der Waals surface area contributed by atoms with Crippen molar-refractivity contribution in [1.82, 2.24) is 95.2 Å². The maximum Gasteiger partial charge on any atom is 0.328 e. The van der Waals surface area contributed by atoms with E-state index in [-0.39, 0.29) is 86.1 Å². The summed E-state index contributed by atoms with van der Waals surface area (Å²) in [7, 11) is 3.89. The SMILES string of the molecule is C.CC(F)(F)c1ccc(Cl)c(-c2ccc(-c3nc4cccc5c4n3CCNC5=O)o2)c1.COC(=O)C(Cc1ccc(C)cc1)NC(=O)CCc1nc2cccc3c2n1CCNC3=O.COC(=O)C(Cc1ccccc1)NC(=O)CCc1nc2cccc3c2n1CCNC3=O.COC(=O)CNC(=O)CCc1nc2cccc3c2n1CCNC3=O.Cc1cccc(N2CC3CC2CN3Cc2nc3cccc4c3n2CCNC4=O)c1. The topological polar surface area (TPSA) is 420 Å². The summed E-state index contributed by atoms with van der Waals surface area (Å²) in [5.41, 5.74) is 16.9. The monoisotopic (exact) mass is 2010 g/mol. The van der Waals surface area contributed by atoms with Crippen LogP contribution in [0.2, 0.25) is 5.02 Å². The van der Waals surface area contributed by atoms with Crippen LogP contribution in [0.15, 0.2) is 205 Å². The highest BCUT2D eigenvalue weighted by molar-refractivity contribution is 6.33. The van der Waals surface area contributed by atoms with Gasteiger partial charge in [0.15, 0.2) is 11.6 Å². The summed E-state index contributed by atoms with van der Waals surface area (Å²) in [5.74, 6) is -0.964. The third-order valence-corrected chi connectivity index (χ3v) is 27.3. The number of halogens is 3. The van der Waals surface area contributed by atoms with Gasteiger partial charge in [0.2, 0.25) is 17.7 Å². The lowest BCUT2D eigenvalue weighted by Crippen LogP contribution is -2.46. The number of imidazole rings is 5. The zero-order valence-corrected chi connectivity index (χ0v) is 82.0. The average molecular weight is 2020 g/mol. The molecule has 38 heteroatoms. The molecule has 35 nitrogen and oxygen atoms in total. The average Bonchev–Trinajstić information content (AvgIpc) is 1.61. The number of amides is 8. The van der Waals surface area contributed by atoms with Gasteiger partial charge in [0, 0.05) is 166 Å². The number of hydrogen-bond donors (Lipinski definition) is 8. The lowest BCUT2D eigenvalue weighted by atomic mass is 10.0. The number of benzene rings is 9. The van der Waals surface area contributed by atoms with Gasteiger partial charge >= 0.3 is 17.9 Å². The second kappa shape index (κ2) is 44.9. The van der Waals surface area contributed by atoms with Gasteiger partial charge in [0.1, 0.15) is 47.7 Å². The Labute approximate surface area is 849 Å². The fourth-order valence-electron chi connectivity index (χ4n) is 19.8. The number of carbonyl (C=O) groups is 11. The minimum absolute atomic E-state index is 0. The molecule has 760 valence electrons. The Kier molecular flexibility index (Phi) is 31.2. The summed E-state index contributed by atoms with van der Waals surface area (Å²) in [6, 6.07) is 60.8. The Morgan fingerprint density at radius 3 is 1.29 bits per heavy atom. The molecule has 13 heterocycles. The molecule has 4 atom stereocenters. The van der Waals surface area contributed by atoms with Crippen LogP contribution in [0.1, 0.15) is 143 Å². The van der Waals surface area contributed by atoms with Crippen molar-refractivity contribution >= 4 is 138 Å². The first kappa shape index (κ1) is 102. The highest BCUT2D eigenvalue weighted by Crippen LogP contribution is 2.41. The van der Waals surface area contributed by atoms with Crippen molar-refractivity contribution in [1.29, 1.82) is 0 Å². The fourth-order valence-corrected chi connectivity index (χ4v) is 20.1. The largest absolute Gasteiger partial charge is 0.468 e. The van der Waals surface area contributed by atoms with Gasteiger partial charge in [-0.15, -0.1) is 0 Å². The molecule has 0 spiro atoms. The highest BCUT2D eigenvalue weighted by Gasteiger charge is 2.44. The number of ether oxygens (including phenoxy) is 3. The highest BCUT2D eigenvalue weighted by atomic mass is 35.5. The number of para-hydroxylation sites is 5. The van der Waals surface area contributed by atoms with Crippen LogP contribution in [-0.4, -0.2) is 216 Å². The lowest BCUT2D eigenvalue weighted by Gasteiger charge is -2.35. The molecule has 2 bridgehead atoms. The smallest absolute Gasteiger partial charge is 0.328 e. The Bertz CT molecular complexity index is 7570. The van der Waals surface area contributed by atoms with Crippen LogP contribution in [0.3, 0.4) is 0 Å². The number of esters is 3. The number of aromatic nitrogens is 10. The van der Waals surface area contributed by atoms with E-state index in [4.69, 9.17) is 30.5 Å². The van der Waals surface area contributed by atoms with Gasteiger partial charge in [-0.1, -0.05) is 128 Å². The summed E-state index contributed by atoms with van der Waals surface area (Å²) >= 11 is 6.25. The number of rotatable bonds is 25. The molecule has 7 aliphatic rings. The minimum Gasteiger partial charge on any atom is -0.468 e. The number of nitrogens with zero attached hydrogens (tertiary/aromatic N) is 12. The molecule has 22 rings (SSSR count). The van der Waals surface area contributed by atoms with E-state index in [0.29, 0.717) is 159 Å². The number of anilines is 1. The van der Waals surface area contributed by atoms with Gasteiger partial charge in [-0.05, 0) is 134 Å². The normalized spacial score (nSPS) is 15.7. The number of carbonyl (C=O) groups excluding carboxylic acids is 11. The number of furan rings is 1. The van der Waals surface area contributed by atoms with Gasteiger partial charge in [-0.3, -0.25) is 48.1 Å². The minimum atomic E-state index is -2.99. The van der Waals surface area contributed by atoms with Crippen LogP contribution in [0, 0.1) is 13.8 Å². The Morgan fingerprint density at radius 2 is 0.857 bits per heavy atom. The third-order valence-electron chi connectivity index (χ3n) is 26.9. The quantitative estimate of drug-likeness (QED) is 0.0195. The van der Waals surface area contributed by atoms with Crippen molar-refractivity contribution in [2.45, 2.75) is 155 Å². The molecule has 15 aromatic rings. The van der Waals surface area contributed by atoms with Gasteiger partial charge < -0.3 is 88.9 Å². The molecule has 0 saturated carbocycles. The molecule has 7 aliphatic heterocycles. The van der Waals surface area contributed by atoms with E-state index < -0.39 is 35.9 Å². The molecule has 9 aromatic carbocycles. The maximum atomic E-state index is 13.8. The fraction of sp³-hybridized carbons (Fsp3) is 0.321. The summed E-state index contributed by atoms with van der Waals surface area (Å²) in [6.07, 6.45) is 3.69. The maximum absolute atomic E-state index is 13.8. The molecular weight excluding hydrogens is 1900 g/mol. The number of likely N-dealkylation sites (tertiary alicyclic amines) is 1. The van der Waals surface area contributed by atoms with Gasteiger partial charge in [0.05, 0.1) is 116 Å². The molecule has 0 aliphatic carbocycles. The molecule has 0 radical (unpaired) electrons. The van der Waals surface area contributed by atoms with Crippen molar-refractivity contribution in [3.8, 4) is 22.9 Å². The molecule has 2 fully saturated rings. The molecule has 6 aromatic heterocycles. The van der Waals surface area contributed by atoms with Crippen LogP contribution in [0.25, 0.3) is 78.1 Å². The van der Waals surface area contributed by atoms with E-state index in [1.807, 2.05) is 128 Å². The molecule has 8 amide bonds. The van der Waals surface area contributed by atoms with Crippen molar-refractivity contribution in [2.24, 2.45) is 0 Å². The number of piperazine rings is 1. The van der Waals surface area contributed by atoms with E-state index in [1.165, 1.54) is 57.2 Å². The Hall–Kier alpha value is -16.3. The van der Waals surface area contributed by atoms with Crippen LogP contribution < -0.4 is 47.4 Å². The molecule has 4 unspecified atom stereocenters. The summed E-state index contributed by atoms with van der Waals surface area (Å²) in [4.78, 5) is 163. The van der Waals surface area contributed by atoms with Crippen molar-refractivity contribution < 1.29 is 80.1 Å². The summed E-state index contributed by atoms with van der Waals surface area (Å²) in [6.45, 7) is 13.6. The first-order chi connectivity index (χ1) is 70.6. The second-order valence-corrected chi connectivity index (χ2v) is 37.1. The first-order valence-corrected chi connectivity index (χ1v) is 48.9. The predicted octanol–water partition coefficient (Wildman–Crippen LogP) is 12.2. The van der Waals surface area contributed by atoms with Crippen LogP contribution in [-0.2, 0) is 120 Å². The second-order valence-electron chi connectivity index (χ2n) is 36.7. The summed E-state index contributed by atoms with van der Waals surface area (Å²) < 4.78 is 57.9. The molecular formula is C109H113ClF2N20O15. The van der Waals surface area contributed by atoms with Crippen molar-refractivity contribution in [3.05, 3.63) is 284 Å².